The Morgan fingerprint density at radius 1 is 1.21 bits per heavy atom. The maximum absolute atomic E-state index is 11.8. The highest BCUT2D eigenvalue weighted by Gasteiger charge is 2.25. The first-order valence-electron chi connectivity index (χ1n) is 9.61. The van der Waals surface area contributed by atoms with Gasteiger partial charge >= 0.3 is 5.97 Å². The van der Waals surface area contributed by atoms with Crippen LogP contribution in [0.1, 0.15) is 11.5 Å². The minimum absolute atomic E-state index is 0.158. The van der Waals surface area contributed by atoms with E-state index in [1.165, 1.54) is 13.3 Å². The smallest absolute Gasteiger partial charge is 0.331 e. The molecule has 2 aromatic carbocycles. The van der Waals surface area contributed by atoms with Crippen molar-refractivity contribution in [2.45, 2.75) is 6.61 Å². The highest BCUT2D eigenvalue weighted by atomic mass is 32.2. The zero-order valence-electron chi connectivity index (χ0n) is 17.3. The van der Waals surface area contributed by atoms with Gasteiger partial charge in [-0.2, -0.15) is 10.1 Å². The van der Waals surface area contributed by atoms with Gasteiger partial charge in [0, 0.05) is 11.6 Å². The zero-order valence-corrected chi connectivity index (χ0v) is 18.1. The van der Waals surface area contributed by atoms with Crippen molar-refractivity contribution in [3.05, 3.63) is 77.0 Å². The molecule has 166 valence electrons. The van der Waals surface area contributed by atoms with E-state index in [-0.39, 0.29) is 16.7 Å². The van der Waals surface area contributed by atoms with E-state index in [0.717, 1.165) is 29.0 Å². The third-order valence-electron chi connectivity index (χ3n) is 4.17. The number of nitrogens with zero attached hydrogens (tertiary/aromatic N) is 4. The van der Waals surface area contributed by atoms with Crippen LogP contribution in [-0.2, 0) is 20.9 Å². The van der Waals surface area contributed by atoms with Gasteiger partial charge in [-0.25, -0.2) is 4.79 Å². The third-order valence-corrected chi connectivity index (χ3v) is 5.08. The van der Waals surface area contributed by atoms with Crippen LogP contribution in [0.2, 0.25) is 0 Å². The standard InChI is InChI=1S/C22H17N5O5S/c1-30-19(28)11-17-21(29)25-22(33-17)26-23-12-14-6-5-7-15(10-14)20-24-18(32-27-20)13-31-16-8-3-2-4-9-16/h2-12H,13H2,1H3,(H,25,26,29)/b17-11+,23-12?. The van der Waals surface area contributed by atoms with E-state index in [9.17, 15) is 9.59 Å². The number of carbonyl (C=O) groups excluding carboxylic acids is 2. The lowest BCUT2D eigenvalue weighted by Gasteiger charge is -2.01. The zero-order chi connectivity index (χ0) is 23.0. The van der Waals surface area contributed by atoms with Crippen LogP contribution in [-0.4, -0.2) is 40.5 Å². The lowest BCUT2D eigenvalue weighted by molar-refractivity contribution is -0.135. The molecule has 0 aliphatic carbocycles. The van der Waals surface area contributed by atoms with E-state index in [4.69, 9.17) is 9.26 Å². The SMILES string of the molecule is COC(=O)/C=C1/S/C(=N\N=Cc2cccc(-c3noc(COc4ccccc4)n3)c2)NC1=O. The van der Waals surface area contributed by atoms with E-state index in [0.29, 0.717) is 17.5 Å². The number of carbonyl (C=O) groups is 2. The number of nitrogens with one attached hydrogen (secondary N) is 1. The normalized spacial score (nSPS) is 15.8. The van der Waals surface area contributed by atoms with Crippen LogP contribution in [0, 0.1) is 0 Å². The minimum atomic E-state index is -0.620. The van der Waals surface area contributed by atoms with E-state index < -0.39 is 11.9 Å². The van der Waals surface area contributed by atoms with Crippen LogP contribution >= 0.6 is 11.8 Å². The summed E-state index contributed by atoms with van der Waals surface area (Å²) in [4.78, 5) is 27.7. The summed E-state index contributed by atoms with van der Waals surface area (Å²) in [5.41, 5.74) is 1.47. The molecule has 0 radical (unpaired) electrons. The first-order valence-corrected chi connectivity index (χ1v) is 10.4. The molecule has 0 atom stereocenters. The molecule has 2 heterocycles. The van der Waals surface area contributed by atoms with Crippen molar-refractivity contribution in [2.24, 2.45) is 10.2 Å². The largest absolute Gasteiger partial charge is 0.484 e. The molecular formula is C22H17N5O5S. The predicted octanol–water partition coefficient (Wildman–Crippen LogP) is 2.93. The van der Waals surface area contributed by atoms with Crippen molar-refractivity contribution in [2.75, 3.05) is 7.11 Å². The number of benzene rings is 2. The number of para-hydroxylation sites is 1. The molecule has 1 aromatic heterocycles. The number of amidine groups is 1. The second kappa shape index (κ2) is 10.4. The number of thioether (sulfide) groups is 1. The average molecular weight is 463 g/mol. The quantitative estimate of drug-likeness (QED) is 0.245. The summed E-state index contributed by atoms with van der Waals surface area (Å²) >= 11 is 0.995. The molecule has 1 aliphatic heterocycles. The lowest BCUT2D eigenvalue weighted by Crippen LogP contribution is -2.19. The molecule has 0 spiro atoms. The summed E-state index contributed by atoms with van der Waals surface area (Å²) < 4.78 is 15.4. The molecule has 3 aromatic rings. The van der Waals surface area contributed by atoms with Crippen molar-refractivity contribution in [1.29, 1.82) is 0 Å². The maximum Gasteiger partial charge on any atom is 0.331 e. The summed E-state index contributed by atoms with van der Waals surface area (Å²) in [7, 11) is 1.23. The highest BCUT2D eigenvalue weighted by Crippen LogP contribution is 2.23. The molecule has 0 saturated carbocycles. The van der Waals surface area contributed by atoms with Crippen molar-refractivity contribution in [3.63, 3.8) is 0 Å². The molecule has 0 unspecified atom stereocenters. The van der Waals surface area contributed by atoms with Gasteiger partial charge in [0.25, 0.3) is 11.8 Å². The number of aromatic nitrogens is 2. The van der Waals surface area contributed by atoms with Gasteiger partial charge in [-0.05, 0) is 35.5 Å². The first kappa shape index (κ1) is 22.0. The van der Waals surface area contributed by atoms with Crippen LogP contribution in [0.25, 0.3) is 11.4 Å². The number of hydrogen-bond acceptors (Lipinski definition) is 10. The fourth-order valence-electron chi connectivity index (χ4n) is 2.64. The molecule has 4 rings (SSSR count). The van der Waals surface area contributed by atoms with Crippen LogP contribution in [0.5, 0.6) is 5.75 Å². The van der Waals surface area contributed by atoms with Crippen molar-refractivity contribution >= 4 is 35.0 Å². The Balaban J connectivity index is 1.39. The molecule has 1 N–H and O–H groups in total. The first-order chi connectivity index (χ1) is 16.1. The number of ether oxygens (including phenoxy) is 2. The third kappa shape index (κ3) is 5.92. The van der Waals surface area contributed by atoms with Gasteiger partial charge in [0.15, 0.2) is 11.8 Å². The summed E-state index contributed by atoms with van der Waals surface area (Å²) in [6, 6.07) is 16.7. The summed E-state index contributed by atoms with van der Waals surface area (Å²) in [6.07, 6.45) is 2.62. The monoisotopic (exact) mass is 463 g/mol. The maximum atomic E-state index is 11.8. The minimum Gasteiger partial charge on any atom is -0.484 e. The van der Waals surface area contributed by atoms with Gasteiger partial charge in [-0.1, -0.05) is 41.6 Å². The molecule has 33 heavy (non-hydrogen) atoms. The predicted molar refractivity (Wildman–Crippen MR) is 121 cm³/mol. The molecule has 10 nitrogen and oxygen atoms in total. The van der Waals surface area contributed by atoms with Crippen molar-refractivity contribution in [3.8, 4) is 17.1 Å². The number of amides is 1. The highest BCUT2D eigenvalue weighted by molar-refractivity contribution is 8.18. The molecule has 11 heteroatoms. The van der Waals surface area contributed by atoms with Gasteiger partial charge in [0.2, 0.25) is 5.82 Å². The number of hydrogen-bond donors (Lipinski definition) is 1. The van der Waals surface area contributed by atoms with Crippen LogP contribution in [0.15, 0.2) is 80.3 Å². The van der Waals surface area contributed by atoms with E-state index >= 15 is 0 Å². The van der Waals surface area contributed by atoms with Gasteiger partial charge in [0.1, 0.15) is 5.75 Å². The Morgan fingerprint density at radius 3 is 2.88 bits per heavy atom. The molecule has 0 bridgehead atoms. The number of esters is 1. The Morgan fingerprint density at radius 2 is 2.06 bits per heavy atom. The van der Waals surface area contributed by atoms with Crippen LogP contribution in [0.3, 0.4) is 0 Å². The summed E-state index contributed by atoms with van der Waals surface area (Å²) in [6.45, 7) is 0.158. The van der Waals surface area contributed by atoms with Crippen LogP contribution < -0.4 is 10.1 Å². The number of methoxy groups -OCH3 is 1. The molecular weight excluding hydrogens is 446 g/mol. The van der Waals surface area contributed by atoms with E-state index in [2.05, 4.69) is 30.4 Å². The van der Waals surface area contributed by atoms with Crippen LogP contribution in [0.4, 0.5) is 0 Å². The average Bonchev–Trinajstić information content (AvgIpc) is 3.45. The molecule has 1 aliphatic rings. The fourth-order valence-corrected chi connectivity index (χ4v) is 3.38. The second-order valence-electron chi connectivity index (χ2n) is 6.48. The fraction of sp³-hybridized carbons (Fsp3) is 0.0909. The Hall–Kier alpha value is -4.25. The van der Waals surface area contributed by atoms with E-state index in [1.54, 1.807) is 0 Å². The van der Waals surface area contributed by atoms with Gasteiger partial charge in [-0.15, -0.1) is 5.10 Å². The van der Waals surface area contributed by atoms with Gasteiger partial charge in [-0.3, -0.25) is 10.1 Å². The van der Waals surface area contributed by atoms with Crippen molar-refractivity contribution in [1.82, 2.24) is 15.5 Å². The summed E-state index contributed by atoms with van der Waals surface area (Å²) in [5.74, 6) is 0.418. The lowest BCUT2D eigenvalue weighted by atomic mass is 10.1. The van der Waals surface area contributed by atoms with E-state index in [1.807, 2.05) is 54.6 Å². The van der Waals surface area contributed by atoms with Gasteiger partial charge < -0.3 is 14.0 Å². The molecule has 1 amide bonds. The van der Waals surface area contributed by atoms with Gasteiger partial charge in [0.05, 0.1) is 18.2 Å². The Bertz CT molecular complexity index is 1250. The Labute approximate surface area is 192 Å². The topological polar surface area (TPSA) is 128 Å². The summed E-state index contributed by atoms with van der Waals surface area (Å²) in [5, 5.41) is 14.7. The molecule has 1 fully saturated rings. The Kier molecular flexibility index (Phi) is 6.90. The molecule has 1 saturated heterocycles. The van der Waals surface area contributed by atoms with Crippen molar-refractivity contribution < 1.29 is 23.6 Å². The number of rotatable bonds is 7. The second-order valence-corrected chi connectivity index (χ2v) is 7.51.